The number of amides is 1. The van der Waals surface area contributed by atoms with Crippen LogP contribution in [0.1, 0.15) is 40.2 Å². The van der Waals surface area contributed by atoms with Gasteiger partial charge in [-0.05, 0) is 71.5 Å². The Morgan fingerprint density at radius 1 is 1.09 bits per heavy atom. The number of thiophene rings is 1. The summed E-state index contributed by atoms with van der Waals surface area (Å²) in [4.78, 5) is 15.5. The average molecular weight is 480 g/mol. The number of piperidine rings is 1. The molecule has 0 atom stereocenters. The van der Waals surface area contributed by atoms with Gasteiger partial charge in [0.1, 0.15) is 4.21 Å². The smallest absolute Gasteiger partial charge is 0.252 e. The van der Waals surface area contributed by atoms with Crippen LogP contribution in [-0.4, -0.2) is 36.7 Å². The quantitative estimate of drug-likeness (QED) is 0.427. The Morgan fingerprint density at radius 3 is 2.45 bits per heavy atom. The van der Waals surface area contributed by atoms with Gasteiger partial charge in [0.2, 0.25) is 0 Å². The number of sulfonamides is 1. The molecule has 1 saturated heterocycles. The maximum atomic E-state index is 13.0. The minimum absolute atomic E-state index is 0.196. The Kier molecular flexibility index (Phi) is 5.60. The maximum absolute atomic E-state index is 13.0. The molecular weight excluding hydrogens is 454 g/mol. The van der Waals surface area contributed by atoms with Crippen molar-refractivity contribution in [2.45, 2.75) is 29.9 Å². The lowest BCUT2D eigenvalue weighted by Gasteiger charge is -2.30. The number of hydrogen-bond donors (Lipinski definition) is 2. The predicted octanol–water partition coefficient (Wildman–Crippen LogP) is 4.87. The lowest BCUT2D eigenvalue weighted by Crippen LogP contribution is -2.37. The average Bonchev–Trinajstić information content (AvgIpc) is 3.46. The normalized spacial score (nSPS) is 15.8. The zero-order chi connectivity index (χ0) is 23.2. The van der Waals surface area contributed by atoms with Crippen molar-refractivity contribution in [1.82, 2.24) is 9.29 Å². The molecule has 0 radical (unpaired) electrons. The number of rotatable bonds is 5. The number of fused-ring (bicyclic) bond motifs is 1. The first-order chi connectivity index (χ1) is 15.8. The van der Waals surface area contributed by atoms with Gasteiger partial charge in [-0.2, -0.15) is 4.31 Å². The molecule has 33 heavy (non-hydrogen) atoms. The Morgan fingerprint density at radius 2 is 1.82 bits per heavy atom. The highest BCUT2D eigenvalue weighted by molar-refractivity contribution is 7.91. The summed E-state index contributed by atoms with van der Waals surface area (Å²) in [6.45, 7) is 2.85. The van der Waals surface area contributed by atoms with Crippen molar-refractivity contribution in [2.75, 3.05) is 13.1 Å². The highest BCUT2D eigenvalue weighted by atomic mass is 32.2. The fourth-order valence-electron chi connectivity index (χ4n) is 4.66. The van der Waals surface area contributed by atoms with Gasteiger partial charge in [-0.1, -0.05) is 30.3 Å². The molecule has 8 heteroatoms. The summed E-state index contributed by atoms with van der Waals surface area (Å²) in [6, 6.07) is 15.6. The predicted molar refractivity (Wildman–Crippen MR) is 132 cm³/mol. The number of carbonyl (C=O) groups is 1. The van der Waals surface area contributed by atoms with Crippen LogP contribution in [0.15, 0.2) is 64.3 Å². The zero-order valence-electron chi connectivity index (χ0n) is 18.2. The van der Waals surface area contributed by atoms with Crippen molar-refractivity contribution in [1.29, 1.82) is 0 Å². The first-order valence-corrected chi connectivity index (χ1v) is 13.2. The molecule has 6 nitrogen and oxygen atoms in total. The molecule has 0 aliphatic carbocycles. The number of H-pyrrole nitrogens is 1. The minimum atomic E-state index is -3.45. The van der Waals surface area contributed by atoms with Gasteiger partial charge in [-0.3, -0.25) is 4.79 Å². The van der Waals surface area contributed by atoms with E-state index >= 15 is 0 Å². The molecule has 1 aliphatic rings. The molecule has 170 valence electrons. The highest BCUT2D eigenvalue weighted by Crippen LogP contribution is 2.38. The van der Waals surface area contributed by atoms with Crippen LogP contribution in [0.3, 0.4) is 0 Å². The van der Waals surface area contributed by atoms with Crippen molar-refractivity contribution in [2.24, 2.45) is 5.73 Å². The fourth-order valence-corrected chi connectivity index (χ4v) is 7.51. The lowest BCUT2D eigenvalue weighted by atomic mass is 9.88. The minimum Gasteiger partial charge on any atom is -0.366 e. The van der Waals surface area contributed by atoms with Crippen molar-refractivity contribution in [3.05, 3.63) is 76.8 Å². The van der Waals surface area contributed by atoms with E-state index in [0.717, 1.165) is 46.0 Å². The number of aryl methyl sites for hydroxylation is 1. The first-order valence-electron chi connectivity index (χ1n) is 10.9. The van der Waals surface area contributed by atoms with Gasteiger partial charge in [0.15, 0.2) is 0 Å². The van der Waals surface area contributed by atoms with Gasteiger partial charge < -0.3 is 10.7 Å². The van der Waals surface area contributed by atoms with Crippen LogP contribution >= 0.6 is 11.3 Å². The van der Waals surface area contributed by atoms with E-state index in [0.29, 0.717) is 22.9 Å². The third-order valence-electron chi connectivity index (χ3n) is 6.39. The van der Waals surface area contributed by atoms with Crippen LogP contribution in [0.25, 0.3) is 22.0 Å². The van der Waals surface area contributed by atoms with Crippen LogP contribution in [0.2, 0.25) is 0 Å². The summed E-state index contributed by atoms with van der Waals surface area (Å²) < 4.78 is 28.0. The number of primary amides is 1. The Bertz CT molecular complexity index is 1430. The maximum Gasteiger partial charge on any atom is 0.252 e. The van der Waals surface area contributed by atoms with Gasteiger partial charge >= 0.3 is 0 Å². The number of benzene rings is 2. The van der Waals surface area contributed by atoms with Crippen LogP contribution in [-0.2, 0) is 10.0 Å². The van der Waals surface area contributed by atoms with E-state index in [1.54, 1.807) is 10.4 Å². The second-order valence-electron chi connectivity index (χ2n) is 8.54. The molecule has 1 amide bonds. The number of nitrogens with one attached hydrogen (secondary N) is 1. The van der Waals surface area contributed by atoms with Crippen LogP contribution in [0.5, 0.6) is 0 Å². The van der Waals surface area contributed by atoms with Crippen molar-refractivity contribution in [3.8, 4) is 11.1 Å². The molecular formula is C25H25N3O3S2. The first kappa shape index (κ1) is 21.9. The summed E-state index contributed by atoms with van der Waals surface area (Å²) in [6.07, 6.45) is 3.39. The van der Waals surface area contributed by atoms with Gasteiger partial charge in [-0.15, -0.1) is 11.3 Å². The van der Waals surface area contributed by atoms with E-state index in [1.807, 2.05) is 54.9 Å². The molecule has 3 N–H and O–H groups in total. The highest BCUT2D eigenvalue weighted by Gasteiger charge is 2.32. The van der Waals surface area contributed by atoms with Crippen molar-refractivity contribution in [3.63, 3.8) is 0 Å². The number of nitrogens with zero attached hydrogens (tertiary/aromatic N) is 1. The molecule has 5 rings (SSSR count). The molecule has 0 unspecified atom stereocenters. The third kappa shape index (κ3) is 3.99. The largest absolute Gasteiger partial charge is 0.366 e. The van der Waals surface area contributed by atoms with Crippen molar-refractivity contribution >= 4 is 38.2 Å². The number of aromatic amines is 1. The number of aromatic nitrogens is 1. The standard InChI is InChI=1S/C25H25N3O3S2/c1-16-11-23(32-15-16)33(30,31)28-9-7-18(8-10-28)22-14-27-24-20(22)12-19(13-21(24)25(26)29)17-5-3-2-4-6-17/h2-6,11-15,18,27H,7-10H2,1H3,(H2,26,29). The van der Waals surface area contributed by atoms with Gasteiger partial charge in [0.05, 0.1) is 11.1 Å². The second kappa shape index (κ2) is 8.44. The summed E-state index contributed by atoms with van der Waals surface area (Å²) in [5, 5.41) is 2.84. The molecule has 1 aliphatic heterocycles. The fraction of sp³-hybridized carbons (Fsp3) is 0.240. The molecule has 3 heterocycles. The lowest BCUT2D eigenvalue weighted by molar-refractivity contribution is 0.100. The Labute approximate surface area is 197 Å². The summed E-state index contributed by atoms with van der Waals surface area (Å²) in [5.74, 6) is -0.277. The third-order valence-corrected chi connectivity index (χ3v) is 9.82. The van der Waals surface area contributed by atoms with Crippen molar-refractivity contribution < 1.29 is 13.2 Å². The van der Waals surface area contributed by atoms with Gasteiger partial charge in [-0.25, -0.2) is 8.42 Å². The molecule has 2 aromatic heterocycles. The molecule has 1 fully saturated rings. The van der Waals surface area contributed by atoms with E-state index in [1.165, 1.54) is 11.3 Å². The number of hydrogen-bond acceptors (Lipinski definition) is 4. The van der Waals surface area contributed by atoms with E-state index in [2.05, 4.69) is 11.1 Å². The SMILES string of the molecule is Cc1csc(S(=O)(=O)N2CCC(c3c[nH]c4c(C(N)=O)cc(-c5ccccc5)cc34)CC2)c1. The summed E-state index contributed by atoms with van der Waals surface area (Å²) >= 11 is 1.28. The zero-order valence-corrected chi connectivity index (χ0v) is 19.9. The number of nitrogens with two attached hydrogens (primary N) is 1. The van der Waals surface area contributed by atoms with Gasteiger partial charge in [0, 0.05) is 24.7 Å². The Hall–Kier alpha value is -2.94. The van der Waals surface area contributed by atoms with E-state index in [4.69, 9.17) is 5.73 Å². The van der Waals surface area contributed by atoms with Crippen LogP contribution < -0.4 is 5.73 Å². The van der Waals surface area contributed by atoms with Crippen LogP contribution in [0, 0.1) is 6.92 Å². The van der Waals surface area contributed by atoms with E-state index < -0.39 is 15.9 Å². The molecule has 0 bridgehead atoms. The Balaban J connectivity index is 1.46. The monoisotopic (exact) mass is 479 g/mol. The molecule has 0 spiro atoms. The topological polar surface area (TPSA) is 96.3 Å². The van der Waals surface area contributed by atoms with E-state index in [-0.39, 0.29) is 5.92 Å². The molecule has 0 saturated carbocycles. The molecule has 4 aromatic rings. The van der Waals surface area contributed by atoms with Gasteiger partial charge in [0.25, 0.3) is 15.9 Å². The second-order valence-corrected chi connectivity index (χ2v) is 11.6. The number of carbonyl (C=O) groups excluding carboxylic acids is 1. The van der Waals surface area contributed by atoms with Crippen LogP contribution in [0.4, 0.5) is 0 Å². The van der Waals surface area contributed by atoms with E-state index in [9.17, 15) is 13.2 Å². The molecule has 2 aromatic carbocycles. The summed E-state index contributed by atoms with van der Waals surface area (Å²) in [5.41, 5.74) is 10.9. The summed E-state index contributed by atoms with van der Waals surface area (Å²) in [7, 11) is -3.45.